The van der Waals surface area contributed by atoms with Gasteiger partial charge in [0.25, 0.3) is 0 Å². The molecule has 0 saturated heterocycles. The average molecular weight is 267 g/mol. The Morgan fingerprint density at radius 3 is 2.47 bits per heavy atom. The highest BCUT2D eigenvalue weighted by atomic mass is 16.5. The number of hydrazine groups is 1. The van der Waals surface area contributed by atoms with Crippen LogP contribution in [-0.2, 0) is 4.74 Å². The molecule has 0 atom stereocenters. The Kier molecular flexibility index (Phi) is 6.11. The molecule has 4 heteroatoms. The second-order valence-electron chi connectivity index (χ2n) is 5.98. The van der Waals surface area contributed by atoms with E-state index in [1.807, 2.05) is 0 Å². The van der Waals surface area contributed by atoms with Crippen molar-refractivity contribution in [1.29, 1.82) is 0 Å². The first-order valence-electron chi connectivity index (χ1n) is 7.96. The number of ether oxygens (including phenoxy) is 1. The number of aliphatic imine (C=N–C) groups is 1. The molecule has 0 aromatic heterocycles. The maximum atomic E-state index is 5.64. The lowest BCUT2D eigenvalue weighted by molar-refractivity contribution is -0.0223. The standard InChI is InChI=1S/C15H29N3O/c1-2-19-14-9-12(10-14)11-15(18-16)17-13-7-5-3-4-6-8-13/h12-14H,2-11,16H2,1H3,(H,17,18). The van der Waals surface area contributed by atoms with Crippen LogP contribution < -0.4 is 11.3 Å². The Morgan fingerprint density at radius 2 is 1.89 bits per heavy atom. The van der Waals surface area contributed by atoms with E-state index in [2.05, 4.69) is 12.3 Å². The molecule has 0 aliphatic heterocycles. The third-order valence-corrected chi connectivity index (χ3v) is 4.41. The van der Waals surface area contributed by atoms with Crippen LogP contribution in [0.3, 0.4) is 0 Å². The Morgan fingerprint density at radius 1 is 1.21 bits per heavy atom. The van der Waals surface area contributed by atoms with Gasteiger partial charge in [0.2, 0.25) is 0 Å². The SMILES string of the molecule is CCOC1CC(CC(=NC2CCCCCC2)NN)C1. The van der Waals surface area contributed by atoms with Crippen LogP contribution in [0.5, 0.6) is 0 Å². The number of hydrogen-bond donors (Lipinski definition) is 2. The number of hydrogen-bond acceptors (Lipinski definition) is 3. The molecule has 19 heavy (non-hydrogen) atoms. The van der Waals surface area contributed by atoms with E-state index in [0.717, 1.165) is 18.9 Å². The minimum absolute atomic E-state index is 0.479. The van der Waals surface area contributed by atoms with E-state index in [1.165, 1.54) is 51.4 Å². The summed E-state index contributed by atoms with van der Waals surface area (Å²) in [4.78, 5) is 4.85. The Balaban J connectivity index is 1.76. The predicted octanol–water partition coefficient (Wildman–Crippen LogP) is 2.78. The number of rotatable bonds is 5. The Hall–Kier alpha value is -0.610. The summed E-state index contributed by atoms with van der Waals surface area (Å²) in [6.45, 7) is 2.89. The third kappa shape index (κ3) is 4.77. The van der Waals surface area contributed by atoms with Crippen molar-refractivity contribution >= 4 is 5.84 Å². The van der Waals surface area contributed by atoms with Crippen LogP contribution in [0, 0.1) is 5.92 Å². The van der Waals surface area contributed by atoms with Crippen LogP contribution in [0.25, 0.3) is 0 Å². The summed E-state index contributed by atoms with van der Waals surface area (Å²) >= 11 is 0. The predicted molar refractivity (Wildman–Crippen MR) is 79.0 cm³/mol. The molecule has 0 spiro atoms. The molecule has 0 aromatic rings. The Bertz CT molecular complexity index is 279. The summed E-state index contributed by atoms with van der Waals surface area (Å²) in [6, 6.07) is 0.497. The molecule has 2 aliphatic carbocycles. The molecule has 0 amide bonds. The summed E-state index contributed by atoms with van der Waals surface area (Å²) in [5.74, 6) is 7.35. The van der Waals surface area contributed by atoms with E-state index >= 15 is 0 Å². The lowest BCUT2D eigenvalue weighted by atomic mass is 9.79. The zero-order valence-corrected chi connectivity index (χ0v) is 12.2. The molecule has 2 fully saturated rings. The topological polar surface area (TPSA) is 59.6 Å². The highest BCUT2D eigenvalue weighted by Crippen LogP contribution is 2.33. The van der Waals surface area contributed by atoms with E-state index in [9.17, 15) is 0 Å². The number of nitrogens with zero attached hydrogens (tertiary/aromatic N) is 1. The molecule has 110 valence electrons. The van der Waals surface area contributed by atoms with Gasteiger partial charge in [0, 0.05) is 13.0 Å². The first-order valence-corrected chi connectivity index (χ1v) is 7.96. The smallest absolute Gasteiger partial charge is 0.111 e. The molecule has 0 heterocycles. The van der Waals surface area contributed by atoms with Gasteiger partial charge in [-0.3, -0.25) is 4.99 Å². The second kappa shape index (κ2) is 7.85. The number of amidine groups is 1. The van der Waals surface area contributed by atoms with Crippen molar-refractivity contribution < 1.29 is 4.74 Å². The normalized spacial score (nSPS) is 29.7. The van der Waals surface area contributed by atoms with Gasteiger partial charge in [-0.25, -0.2) is 5.84 Å². The maximum absolute atomic E-state index is 5.64. The first kappa shape index (κ1) is 14.8. The van der Waals surface area contributed by atoms with Gasteiger partial charge >= 0.3 is 0 Å². The summed E-state index contributed by atoms with van der Waals surface area (Å²) < 4.78 is 5.60. The number of nitrogens with two attached hydrogens (primary N) is 1. The van der Waals surface area contributed by atoms with E-state index in [4.69, 9.17) is 15.6 Å². The molecule has 2 aliphatic rings. The van der Waals surface area contributed by atoms with E-state index in [0.29, 0.717) is 18.1 Å². The van der Waals surface area contributed by atoms with E-state index < -0.39 is 0 Å². The van der Waals surface area contributed by atoms with Crippen molar-refractivity contribution in [3.05, 3.63) is 0 Å². The summed E-state index contributed by atoms with van der Waals surface area (Å²) in [5.41, 5.74) is 2.82. The van der Waals surface area contributed by atoms with E-state index in [1.54, 1.807) is 0 Å². The maximum Gasteiger partial charge on any atom is 0.111 e. The molecule has 0 unspecified atom stereocenters. The lowest BCUT2D eigenvalue weighted by Crippen LogP contribution is -2.38. The van der Waals surface area contributed by atoms with Gasteiger partial charge in [-0.15, -0.1) is 0 Å². The Labute approximate surface area is 117 Å². The fourth-order valence-corrected chi connectivity index (χ4v) is 3.24. The summed E-state index contributed by atoms with van der Waals surface area (Å²) in [6.07, 6.45) is 11.7. The van der Waals surface area contributed by atoms with Gasteiger partial charge in [0.05, 0.1) is 12.1 Å². The fraction of sp³-hybridized carbons (Fsp3) is 0.933. The van der Waals surface area contributed by atoms with Crippen molar-refractivity contribution in [2.24, 2.45) is 16.8 Å². The molecule has 4 nitrogen and oxygen atoms in total. The molecular weight excluding hydrogens is 238 g/mol. The monoisotopic (exact) mass is 267 g/mol. The molecule has 2 rings (SSSR count). The van der Waals surface area contributed by atoms with Gasteiger partial charge < -0.3 is 10.2 Å². The zero-order chi connectivity index (χ0) is 13.5. The summed E-state index contributed by atoms with van der Waals surface area (Å²) in [7, 11) is 0. The minimum atomic E-state index is 0.479. The van der Waals surface area contributed by atoms with Crippen molar-refractivity contribution in [1.82, 2.24) is 5.43 Å². The van der Waals surface area contributed by atoms with Crippen LogP contribution in [0.15, 0.2) is 4.99 Å². The number of nitrogens with one attached hydrogen (secondary N) is 1. The minimum Gasteiger partial charge on any atom is -0.378 e. The third-order valence-electron chi connectivity index (χ3n) is 4.41. The molecule has 0 radical (unpaired) electrons. The molecule has 3 N–H and O–H groups in total. The molecule has 0 aromatic carbocycles. The van der Waals surface area contributed by atoms with Crippen LogP contribution >= 0.6 is 0 Å². The highest BCUT2D eigenvalue weighted by Gasteiger charge is 2.30. The van der Waals surface area contributed by atoms with Crippen LogP contribution in [0.2, 0.25) is 0 Å². The first-order chi connectivity index (χ1) is 9.31. The molecule has 2 saturated carbocycles. The van der Waals surface area contributed by atoms with Gasteiger partial charge in [-0.2, -0.15) is 0 Å². The highest BCUT2D eigenvalue weighted by molar-refractivity contribution is 5.82. The fourth-order valence-electron chi connectivity index (χ4n) is 3.24. The quantitative estimate of drug-likeness (QED) is 0.265. The van der Waals surface area contributed by atoms with Crippen molar-refractivity contribution in [2.45, 2.75) is 76.9 Å². The average Bonchev–Trinajstić information content (AvgIpc) is 2.63. The van der Waals surface area contributed by atoms with Crippen LogP contribution in [0.1, 0.15) is 64.7 Å². The second-order valence-corrected chi connectivity index (χ2v) is 5.98. The van der Waals surface area contributed by atoms with Crippen molar-refractivity contribution in [3.63, 3.8) is 0 Å². The van der Waals surface area contributed by atoms with Gasteiger partial charge in [-0.1, -0.05) is 25.7 Å². The van der Waals surface area contributed by atoms with Crippen LogP contribution in [-0.4, -0.2) is 24.6 Å². The largest absolute Gasteiger partial charge is 0.378 e. The summed E-state index contributed by atoms with van der Waals surface area (Å²) in [5, 5.41) is 0. The zero-order valence-electron chi connectivity index (χ0n) is 12.2. The van der Waals surface area contributed by atoms with E-state index in [-0.39, 0.29) is 0 Å². The van der Waals surface area contributed by atoms with Crippen molar-refractivity contribution in [3.8, 4) is 0 Å². The van der Waals surface area contributed by atoms with Gasteiger partial charge in [-0.05, 0) is 38.5 Å². The van der Waals surface area contributed by atoms with Crippen LogP contribution in [0.4, 0.5) is 0 Å². The lowest BCUT2D eigenvalue weighted by Gasteiger charge is -2.35. The molecule has 0 bridgehead atoms. The molecular formula is C15H29N3O. The van der Waals surface area contributed by atoms with Gasteiger partial charge in [0.1, 0.15) is 5.84 Å². The van der Waals surface area contributed by atoms with Crippen molar-refractivity contribution in [2.75, 3.05) is 6.61 Å². The van der Waals surface area contributed by atoms with Gasteiger partial charge in [0.15, 0.2) is 0 Å².